The number of aryl methyl sites for hydroxylation is 2. The van der Waals surface area contributed by atoms with Crippen molar-refractivity contribution in [3.05, 3.63) is 28.3 Å². The van der Waals surface area contributed by atoms with Gasteiger partial charge in [-0.05, 0) is 93.6 Å². The minimum absolute atomic E-state index is 0.644. The van der Waals surface area contributed by atoms with Gasteiger partial charge in [-0.2, -0.15) is 0 Å². The molecule has 6 nitrogen and oxygen atoms in total. The van der Waals surface area contributed by atoms with Crippen molar-refractivity contribution >= 4 is 21.7 Å². The second-order valence-corrected chi connectivity index (χ2v) is 9.95. The molecule has 1 unspecified atom stereocenters. The number of nitrogens with zero attached hydrogens (tertiary/aromatic N) is 1. The molecule has 3 rings (SSSR count). The van der Waals surface area contributed by atoms with Crippen molar-refractivity contribution in [2.45, 2.75) is 77.5 Å². The topological polar surface area (TPSA) is 78.5 Å². The van der Waals surface area contributed by atoms with Gasteiger partial charge < -0.3 is 5.32 Å². The lowest BCUT2D eigenvalue weighted by Crippen LogP contribution is -2.48. The highest BCUT2D eigenvalue weighted by Crippen LogP contribution is 2.38. The molecule has 156 valence electrons. The van der Waals surface area contributed by atoms with Crippen molar-refractivity contribution < 1.29 is 13.2 Å². The molecule has 0 aromatic heterocycles. The molecule has 28 heavy (non-hydrogen) atoms. The first-order valence-electron chi connectivity index (χ1n) is 10.6. The zero-order chi connectivity index (χ0) is 20.3. The predicted octanol–water partition coefficient (Wildman–Crippen LogP) is 3.58. The molecule has 0 bridgehead atoms. The zero-order valence-corrected chi connectivity index (χ0v) is 18.1. The number of hydrogen-bond acceptors (Lipinski definition) is 4. The van der Waals surface area contributed by atoms with E-state index in [1.54, 1.807) is 6.92 Å². The molecule has 2 N–H and O–H groups in total. The Kier molecular flexibility index (Phi) is 6.65. The monoisotopic (exact) mass is 407 g/mol. The van der Waals surface area contributed by atoms with Gasteiger partial charge >= 0.3 is 6.03 Å². The maximum absolute atomic E-state index is 12.8. The number of hydrogen-bond donors (Lipinski definition) is 2. The second kappa shape index (κ2) is 8.82. The number of nitrogens with one attached hydrogen (secondary N) is 2. The van der Waals surface area contributed by atoms with Gasteiger partial charge in [0.1, 0.15) is 5.37 Å². The molecular weight excluding hydrogens is 374 g/mol. The van der Waals surface area contributed by atoms with Crippen molar-refractivity contribution in [2.75, 3.05) is 18.4 Å². The van der Waals surface area contributed by atoms with Crippen molar-refractivity contribution in [1.82, 2.24) is 9.62 Å². The highest BCUT2D eigenvalue weighted by molar-refractivity contribution is 7.90. The van der Waals surface area contributed by atoms with Gasteiger partial charge in [0.15, 0.2) is 0 Å². The zero-order valence-electron chi connectivity index (χ0n) is 17.3. The lowest BCUT2D eigenvalue weighted by molar-refractivity contribution is 0.250. The van der Waals surface area contributed by atoms with Gasteiger partial charge in [-0.3, -0.25) is 4.90 Å². The van der Waals surface area contributed by atoms with Crippen LogP contribution in [0.2, 0.25) is 0 Å². The van der Waals surface area contributed by atoms with Crippen LogP contribution in [0.3, 0.4) is 0 Å². The normalized spacial score (nSPS) is 16.7. The first kappa shape index (κ1) is 21.1. The average molecular weight is 408 g/mol. The fourth-order valence-electron chi connectivity index (χ4n) is 4.57. The van der Waals surface area contributed by atoms with E-state index in [0.29, 0.717) is 13.1 Å². The molecule has 0 saturated heterocycles. The minimum Gasteiger partial charge on any atom is -0.307 e. The molecule has 2 aliphatic carbocycles. The molecule has 0 aliphatic heterocycles. The lowest BCUT2D eigenvalue weighted by atomic mass is 9.99. The highest BCUT2D eigenvalue weighted by atomic mass is 32.2. The van der Waals surface area contributed by atoms with Crippen molar-refractivity contribution in [2.24, 2.45) is 0 Å². The van der Waals surface area contributed by atoms with Crippen LogP contribution in [-0.2, 0) is 35.7 Å². The maximum Gasteiger partial charge on any atom is 0.332 e. The summed E-state index contributed by atoms with van der Waals surface area (Å²) in [7, 11) is -3.79. The van der Waals surface area contributed by atoms with E-state index in [0.717, 1.165) is 57.1 Å². The summed E-state index contributed by atoms with van der Waals surface area (Å²) < 4.78 is 27.8. The Balaban J connectivity index is 1.76. The number of benzene rings is 1. The van der Waals surface area contributed by atoms with Crippen LogP contribution in [0.1, 0.15) is 68.7 Å². The van der Waals surface area contributed by atoms with Gasteiger partial charge in [-0.15, -0.1) is 0 Å². The summed E-state index contributed by atoms with van der Waals surface area (Å²) >= 11 is 0. The molecule has 1 aromatic carbocycles. The largest absolute Gasteiger partial charge is 0.332 e. The van der Waals surface area contributed by atoms with E-state index in [9.17, 15) is 13.2 Å². The van der Waals surface area contributed by atoms with Crippen LogP contribution >= 0.6 is 0 Å². The Labute approximate surface area is 169 Å². The van der Waals surface area contributed by atoms with E-state index in [4.69, 9.17) is 0 Å². The van der Waals surface area contributed by atoms with E-state index in [1.165, 1.54) is 22.3 Å². The van der Waals surface area contributed by atoms with Gasteiger partial charge in [-0.25, -0.2) is 17.9 Å². The quantitative estimate of drug-likeness (QED) is 0.690. The van der Waals surface area contributed by atoms with E-state index < -0.39 is 21.4 Å². The third-order valence-corrected chi connectivity index (χ3v) is 7.60. The van der Waals surface area contributed by atoms with Crippen molar-refractivity contribution in [3.63, 3.8) is 0 Å². The number of rotatable bonds is 8. The van der Waals surface area contributed by atoms with Crippen LogP contribution in [0.25, 0.3) is 0 Å². The molecule has 1 aromatic rings. The predicted molar refractivity (Wildman–Crippen MR) is 113 cm³/mol. The minimum atomic E-state index is -3.79. The number of anilines is 1. The summed E-state index contributed by atoms with van der Waals surface area (Å²) in [5, 5.41) is 2.16. The molecule has 2 amide bonds. The van der Waals surface area contributed by atoms with Gasteiger partial charge in [0.05, 0.1) is 0 Å². The molecule has 7 heteroatoms. The molecule has 0 radical (unpaired) electrons. The third kappa shape index (κ3) is 4.35. The maximum atomic E-state index is 12.8. The van der Waals surface area contributed by atoms with Crippen LogP contribution in [-0.4, -0.2) is 37.8 Å². The second-order valence-electron chi connectivity index (χ2n) is 7.97. The van der Waals surface area contributed by atoms with E-state index >= 15 is 0 Å². The van der Waals surface area contributed by atoms with Gasteiger partial charge in [0, 0.05) is 5.69 Å². The number of fused-ring (bicyclic) bond motifs is 2. The summed E-state index contributed by atoms with van der Waals surface area (Å²) in [5.74, 6) is 0. The standard InChI is InChI=1S/C21H33N3O3S/c1-4-12-24(13-5-2)15(3)28(26,27)23-21(25)22-20-18-10-6-8-16(18)14-17-9-7-11-19(17)20/h14-15H,4-13H2,1-3H3,(H2,22,23,25). The average Bonchev–Trinajstić information content (AvgIpc) is 3.29. The van der Waals surface area contributed by atoms with Crippen molar-refractivity contribution in [1.29, 1.82) is 0 Å². The summed E-state index contributed by atoms with van der Waals surface area (Å²) in [4.78, 5) is 14.6. The highest BCUT2D eigenvalue weighted by Gasteiger charge is 2.30. The Morgan fingerprint density at radius 2 is 1.57 bits per heavy atom. The van der Waals surface area contributed by atoms with Crippen LogP contribution in [0.4, 0.5) is 10.5 Å². The SMILES string of the molecule is CCCN(CCC)C(C)S(=O)(=O)NC(=O)Nc1c2c(cc3c1CCC3)CCC2. The van der Waals surface area contributed by atoms with Crippen molar-refractivity contribution in [3.8, 4) is 0 Å². The molecule has 0 heterocycles. The molecular formula is C21H33N3O3S. The van der Waals surface area contributed by atoms with Gasteiger partial charge in [0.2, 0.25) is 0 Å². The van der Waals surface area contributed by atoms with E-state index in [2.05, 4.69) is 16.1 Å². The van der Waals surface area contributed by atoms with Crippen LogP contribution < -0.4 is 10.0 Å². The number of sulfonamides is 1. The van der Waals surface area contributed by atoms with E-state index in [1.807, 2.05) is 18.7 Å². The number of amides is 2. The Hall–Kier alpha value is -1.60. The molecule has 1 atom stereocenters. The van der Waals surface area contributed by atoms with Crippen LogP contribution in [0.5, 0.6) is 0 Å². The lowest BCUT2D eigenvalue weighted by Gasteiger charge is -2.28. The van der Waals surface area contributed by atoms with Crippen LogP contribution in [0.15, 0.2) is 6.07 Å². The fraction of sp³-hybridized carbons (Fsp3) is 0.667. The van der Waals surface area contributed by atoms with E-state index in [-0.39, 0.29) is 0 Å². The van der Waals surface area contributed by atoms with Gasteiger partial charge in [-0.1, -0.05) is 19.9 Å². The summed E-state index contributed by atoms with van der Waals surface area (Å²) in [6.45, 7) is 7.09. The van der Waals surface area contributed by atoms with Crippen LogP contribution in [0, 0.1) is 0 Å². The smallest absolute Gasteiger partial charge is 0.307 e. The first-order chi connectivity index (χ1) is 13.4. The molecule has 2 aliphatic rings. The molecule has 0 saturated carbocycles. The Morgan fingerprint density at radius 1 is 1.04 bits per heavy atom. The number of urea groups is 1. The Morgan fingerprint density at radius 3 is 2.07 bits per heavy atom. The fourth-order valence-corrected chi connectivity index (χ4v) is 5.65. The Bertz CT molecular complexity index is 798. The summed E-state index contributed by atoms with van der Waals surface area (Å²) in [5.41, 5.74) is 5.87. The molecule has 0 fully saturated rings. The first-order valence-corrected chi connectivity index (χ1v) is 12.1. The molecule has 0 spiro atoms. The van der Waals surface area contributed by atoms with Gasteiger partial charge in [0.25, 0.3) is 10.0 Å². The number of carbonyl (C=O) groups is 1. The summed E-state index contributed by atoms with van der Waals surface area (Å²) in [6.07, 6.45) is 7.89. The summed E-state index contributed by atoms with van der Waals surface area (Å²) in [6, 6.07) is 1.65. The third-order valence-electron chi connectivity index (χ3n) is 5.93. The number of carbonyl (C=O) groups excluding carboxylic acids is 1.